The van der Waals surface area contributed by atoms with E-state index in [4.69, 9.17) is 9.94 Å². The highest BCUT2D eigenvalue weighted by molar-refractivity contribution is 6.02. The van der Waals surface area contributed by atoms with E-state index in [1.807, 2.05) is 30.3 Å². The van der Waals surface area contributed by atoms with Gasteiger partial charge >= 0.3 is 5.97 Å². The van der Waals surface area contributed by atoms with Gasteiger partial charge in [-0.3, -0.25) is 4.79 Å². The van der Waals surface area contributed by atoms with Gasteiger partial charge in [0, 0.05) is 13.5 Å². The summed E-state index contributed by atoms with van der Waals surface area (Å²) in [5, 5.41) is 16.7. The normalized spacial score (nSPS) is 17.0. The number of carboxylic acids is 1. The Labute approximate surface area is 125 Å². The molecule has 112 valence electrons. The third kappa shape index (κ3) is 2.48. The Kier molecular flexibility index (Phi) is 3.46. The lowest BCUT2D eigenvalue weighted by molar-refractivity contribution is 0.0687. The molecule has 0 aliphatic carbocycles. The molecule has 0 radical (unpaired) electrons. The zero-order chi connectivity index (χ0) is 15.7. The van der Waals surface area contributed by atoms with Gasteiger partial charge in [0.2, 0.25) is 0 Å². The Morgan fingerprint density at radius 2 is 2.09 bits per heavy atom. The summed E-state index contributed by atoms with van der Waals surface area (Å²) >= 11 is 0. The Morgan fingerprint density at radius 1 is 1.36 bits per heavy atom. The van der Waals surface area contributed by atoms with Crippen molar-refractivity contribution in [3.63, 3.8) is 0 Å². The second-order valence-electron chi connectivity index (χ2n) is 4.92. The summed E-state index contributed by atoms with van der Waals surface area (Å²) in [4.78, 5) is 28.6. The Balaban J connectivity index is 1.93. The van der Waals surface area contributed by atoms with Crippen LogP contribution in [-0.2, 0) is 11.9 Å². The van der Waals surface area contributed by atoms with Crippen LogP contribution in [0.3, 0.4) is 0 Å². The molecule has 0 unspecified atom stereocenters. The number of aromatic nitrogens is 2. The van der Waals surface area contributed by atoms with Crippen molar-refractivity contribution in [2.24, 2.45) is 12.2 Å². The van der Waals surface area contributed by atoms with Crippen LogP contribution in [0.4, 0.5) is 0 Å². The summed E-state index contributed by atoms with van der Waals surface area (Å²) in [6, 6.07) is 10.8. The molecule has 1 aromatic carbocycles. The molecule has 1 N–H and O–H groups in total. The minimum atomic E-state index is -1.20. The molecule has 2 heterocycles. The van der Waals surface area contributed by atoms with Crippen LogP contribution in [0.25, 0.3) is 0 Å². The topological polar surface area (TPSA) is 93.8 Å². The summed E-state index contributed by atoms with van der Waals surface area (Å²) in [6.07, 6.45) is 0.129. The molecule has 0 bridgehead atoms. The van der Waals surface area contributed by atoms with Gasteiger partial charge in [-0.2, -0.15) is 5.10 Å². The van der Waals surface area contributed by atoms with Crippen molar-refractivity contribution in [3.8, 4) is 0 Å². The Bertz CT molecular complexity index is 811. The maximum Gasteiger partial charge on any atom is 0.356 e. The van der Waals surface area contributed by atoms with Crippen molar-refractivity contribution in [2.75, 3.05) is 0 Å². The highest BCUT2D eigenvalue weighted by Crippen LogP contribution is 2.28. The van der Waals surface area contributed by atoms with Gasteiger partial charge < -0.3 is 9.94 Å². The van der Waals surface area contributed by atoms with Gasteiger partial charge in [-0.05, 0) is 11.6 Å². The number of rotatable bonds is 3. The molecule has 0 saturated carbocycles. The SMILES string of the molecule is Cn1nc(C(=O)O)cc(C2=NO[C@H](c3ccccc3)C2)c1=O. The molecule has 0 amide bonds. The van der Waals surface area contributed by atoms with Crippen molar-refractivity contribution >= 4 is 11.7 Å². The minimum absolute atomic E-state index is 0.202. The molecule has 7 heteroatoms. The summed E-state index contributed by atoms with van der Waals surface area (Å²) in [7, 11) is 1.41. The van der Waals surface area contributed by atoms with Gasteiger partial charge in [-0.1, -0.05) is 35.5 Å². The molecule has 2 aromatic rings. The van der Waals surface area contributed by atoms with Crippen LogP contribution in [0, 0.1) is 0 Å². The largest absolute Gasteiger partial charge is 0.476 e. The van der Waals surface area contributed by atoms with E-state index >= 15 is 0 Å². The van der Waals surface area contributed by atoms with E-state index in [0.29, 0.717) is 12.1 Å². The van der Waals surface area contributed by atoms with Crippen molar-refractivity contribution in [2.45, 2.75) is 12.5 Å². The number of carbonyl (C=O) groups is 1. The highest BCUT2D eigenvalue weighted by Gasteiger charge is 2.26. The zero-order valence-corrected chi connectivity index (χ0v) is 11.8. The maximum atomic E-state index is 12.1. The number of benzene rings is 1. The fraction of sp³-hybridized carbons (Fsp3) is 0.200. The van der Waals surface area contributed by atoms with Crippen LogP contribution in [0.15, 0.2) is 46.3 Å². The lowest BCUT2D eigenvalue weighted by Crippen LogP contribution is -2.28. The average molecular weight is 299 g/mol. The van der Waals surface area contributed by atoms with E-state index < -0.39 is 11.5 Å². The Morgan fingerprint density at radius 3 is 2.77 bits per heavy atom. The fourth-order valence-electron chi connectivity index (χ4n) is 2.30. The second kappa shape index (κ2) is 5.44. The average Bonchev–Trinajstić information content (AvgIpc) is 3.00. The van der Waals surface area contributed by atoms with Crippen LogP contribution in [-0.4, -0.2) is 26.6 Å². The van der Waals surface area contributed by atoms with Crippen molar-refractivity contribution < 1.29 is 14.7 Å². The van der Waals surface area contributed by atoms with Gasteiger partial charge in [0.05, 0.1) is 11.3 Å². The van der Waals surface area contributed by atoms with Crippen molar-refractivity contribution in [1.82, 2.24) is 9.78 Å². The van der Waals surface area contributed by atoms with E-state index in [2.05, 4.69) is 10.3 Å². The van der Waals surface area contributed by atoms with Gasteiger partial charge in [-0.25, -0.2) is 9.48 Å². The molecule has 0 fully saturated rings. The van der Waals surface area contributed by atoms with Crippen LogP contribution in [0.5, 0.6) is 0 Å². The molecule has 22 heavy (non-hydrogen) atoms. The lowest BCUT2D eigenvalue weighted by Gasteiger charge is -2.07. The smallest absolute Gasteiger partial charge is 0.356 e. The molecule has 7 nitrogen and oxygen atoms in total. The zero-order valence-electron chi connectivity index (χ0n) is 11.8. The summed E-state index contributed by atoms with van der Waals surface area (Å²) < 4.78 is 0.997. The molecule has 3 rings (SSSR count). The predicted octanol–water partition coefficient (Wildman–Crippen LogP) is 1.34. The number of hydrogen-bond donors (Lipinski definition) is 1. The van der Waals surface area contributed by atoms with Crippen LogP contribution in [0.1, 0.15) is 34.1 Å². The number of nitrogens with zero attached hydrogens (tertiary/aromatic N) is 3. The van der Waals surface area contributed by atoms with Crippen molar-refractivity contribution in [1.29, 1.82) is 0 Å². The van der Waals surface area contributed by atoms with Gasteiger partial charge in [0.15, 0.2) is 11.8 Å². The quantitative estimate of drug-likeness (QED) is 0.923. The molecule has 1 atom stereocenters. The van der Waals surface area contributed by atoms with Crippen LogP contribution < -0.4 is 5.56 Å². The molecule has 1 aliphatic heterocycles. The predicted molar refractivity (Wildman–Crippen MR) is 77.9 cm³/mol. The molecular formula is C15H13N3O4. The standard InChI is InChI=1S/C15H13N3O4/c1-18-14(19)10(7-12(16-18)15(20)21)11-8-13(22-17-11)9-5-3-2-4-6-9/h2-7,13H,8H2,1H3,(H,20,21)/t13-/m0/s1. The second-order valence-corrected chi connectivity index (χ2v) is 4.92. The number of oxime groups is 1. The lowest BCUT2D eigenvalue weighted by atomic mass is 10.0. The Hall–Kier alpha value is -2.96. The first-order valence-corrected chi connectivity index (χ1v) is 6.66. The summed E-state index contributed by atoms with van der Waals surface area (Å²) in [6.45, 7) is 0. The van der Waals surface area contributed by atoms with E-state index in [1.165, 1.54) is 13.1 Å². The van der Waals surface area contributed by atoms with E-state index in [9.17, 15) is 9.59 Å². The highest BCUT2D eigenvalue weighted by atomic mass is 16.6. The van der Waals surface area contributed by atoms with Gasteiger partial charge in [0.1, 0.15) is 0 Å². The molecule has 0 saturated heterocycles. The summed E-state index contributed by atoms with van der Waals surface area (Å²) in [5.74, 6) is -1.20. The first kappa shape index (κ1) is 14.0. The molecule has 1 aliphatic rings. The first-order chi connectivity index (χ1) is 10.6. The van der Waals surface area contributed by atoms with Crippen LogP contribution in [0.2, 0.25) is 0 Å². The third-order valence-electron chi connectivity index (χ3n) is 3.43. The van der Waals surface area contributed by atoms with Gasteiger partial charge in [-0.15, -0.1) is 0 Å². The van der Waals surface area contributed by atoms with E-state index in [1.54, 1.807) is 0 Å². The van der Waals surface area contributed by atoms with Crippen LogP contribution >= 0.6 is 0 Å². The monoisotopic (exact) mass is 299 g/mol. The first-order valence-electron chi connectivity index (χ1n) is 6.66. The maximum absolute atomic E-state index is 12.1. The third-order valence-corrected chi connectivity index (χ3v) is 3.43. The van der Waals surface area contributed by atoms with E-state index in [-0.39, 0.29) is 17.4 Å². The number of aromatic carboxylic acids is 1. The van der Waals surface area contributed by atoms with Gasteiger partial charge in [0.25, 0.3) is 5.56 Å². The van der Waals surface area contributed by atoms with E-state index in [0.717, 1.165) is 10.2 Å². The number of hydrogen-bond acceptors (Lipinski definition) is 5. The number of carboxylic acid groups (broad SMARTS) is 1. The molecule has 0 spiro atoms. The van der Waals surface area contributed by atoms with Crippen molar-refractivity contribution in [3.05, 3.63) is 63.6 Å². The number of aryl methyl sites for hydroxylation is 1. The minimum Gasteiger partial charge on any atom is -0.476 e. The molecule has 1 aromatic heterocycles. The fourth-order valence-corrected chi connectivity index (χ4v) is 2.30. The summed E-state index contributed by atoms with van der Waals surface area (Å²) in [5.41, 5.74) is 0.974. The molecular weight excluding hydrogens is 286 g/mol.